The van der Waals surface area contributed by atoms with Gasteiger partial charge in [-0.3, -0.25) is 4.99 Å². The first-order chi connectivity index (χ1) is 12.8. The van der Waals surface area contributed by atoms with Gasteiger partial charge in [-0.05, 0) is 75.5 Å². The van der Waals surface area contributed by atoms with Gasteiger partial charge in [-0.15, -0.1) is 0 Å². The summed E-state index contributed by atoms with van der Waals surface area (Å²) >= 11 is 4.11. The zero-order valence-electron chi connectivity index (χ0n) is 13.9. The Morgan fingerprint density at radius 1 is 1.11 bits per heavy atom. The average molecular weight is 602 g/mol. The van der Waals surface area contributed by atoms with Crippen molar-refractivity contribution in [3.63, 3.8) is 0 Å². The summed E-state index contributed by atoms with van der Waals surface area (Å²) in [7, 11) is 0. The van der Waals surface area contributed by atoms with Crippen LogP contribution < -0.4 is 4.90 Å². The van der Waals surface area contributed by atoms with Gasteiger partial charge in [-0.1, -0.05) is 0 Å². The number of alkyl halides is 3. The zero-order valence-corrected chi connectivity index (χ0v) is 18.2. The summed E-state index contributed by atoms with van der Waals surface area (Å²) in [5, 5.41) is 10.2. The standard InChI is InChI=1S/C18H15F3I2N2O2/c19-18(20,21)12-1-2-16(25-3-5-27-6-4-25)15(8-12)24-10-11-7-13(22)9-14(23)17(11)26/h1-2,7-10,26H,3-6H2. The molecule has 3 rings (SSSR count). The van der Waals surface area contributed by atoms with E-state index in [1.807, 2.05) is 27.5 Å². The van der Waals surface area contributed by atoms with Gasteiger partial charge in [-0.2, -0.15) is 13.2 Å². The Hall–Kier alpha value is -1.08. The molecule has 144 valence electrons. The van der Waals surface area contributed by atoms with Crippen LogP contribution in [0.3, 0.4) is 0 Å². The summed E-state index contributed by atoms with van der Waals surface area (Å²) in [6, 6.07) is 7.08. The minimum atomic E-state index is -4.45. The van der Waals surface area contributed by atoms with Crippen LogP contribution in [0.25, 0.3) is 0 Å². The molecule has 27 heavy (non-hydrogen) atoms. The van der Waals surface area contributed by atoms with Gasteiger partial charge in [0, 0.05) is 28.4 Å². The average Bonchev–Trinajstić information content (AvgIpc) is 2.63. The molecule has 0 unspecified atom stereocenters. The highest BCUT2D eigenvalue weighted by Crippen LogP contribution is 2.37. The molecule has 1 saturated heterocycles. The monoisotopic (exact) mass is 602 g/mol. The van der Waals surface area contributed by atoms with E-state index >= 15 is 0 Å². The lowest BCUT2D eigenvalue weighted by atomic mass is 10.1. The van der Waals surface area contributed by atoms with Crippen molar-refractivity contribution in [2.24, 2.45) is 4.99 Å². The molecule has 9 heteroatoms. The second-order valence-electron chi connectivity index (χ2n) is 5.88. The SMILES string of the molecule is Oc1c(I)cc(I)cc1C=Nc1cc(C(F)(F)F)ccc1N1CCOCC1. The van der Waals surface area contributed by atoms with Gasteiger partial charge in [0.1, 0.15) is 5.75 Å². The molecule has 0 atom stereocenters. The maximum Gasteiger partial charge on any atom is 0.416 e. The van der Waals surface area contributed by atoms with Gasteiger partial charge >= 0.3 is 6.18 Å². The first-order valence-corrected chi connectivity index (χ1v) is 10.2. The van der Waals surface area contributed by atoms with Gasteiger partial charge in [0.05, 0.1) is 33.7 Å². The molecule has 2 aromatic carbocycles. The lowest BCUT2D eigenvalue weighted by Gasteiger charge is -2.30. The van der Waals surface area contributed by atoms with Crippen LogP contribution in [-0.4, -0.2) is 37.6 Å². The molecule has 1 aliphatic rings. The molecule has 0 spiro atoms. The quantitative estimate of drug-likeness (QED) is 0.388. The first kappa shape index (κ1) is 20.6. The third kappa shape index (κ3) is 5.05. The number of morpholine rings is 1. The normalized spacial score (nSPS) is 15.5. The number of halogens is 5. The molecule has 2 aromatic rings. The molecule has 0 aromatic heterocycles. The van der Waals surface area contributed by atoms with E-state index in [1.54, 1.807) is 12.1 Å². The second-order valence-corrected chi connectivity index (χ2v) is 8.29. The lowest BCUT2D eigenvalue weighted by Crippen LogP contribution is -2.36. The van der Waals surface area contributed by atoms with Crippen molar-refractivity contribution in [2.75, 3.05) is 31.2 Å². The van der Waals surface area contributed by atoms with Crippen molar-refractivity contribution in [3.8, 4) is 5.75 Å². The van der Waals surface area contributed by atoms with Crippen LogP contribution in [0.4, 0.5) is 24.5 Å². The summed E-state index contributed by atoms with van der Waals surface area (Å²) in [6.45, 7) is 2.20. The van der Waals surface area contributed by atoms with Crippen LogP contribution in [0.1, 0.15) is 11.1 Å². The number of hydrogen-bond acceptors (Lipinski definition) is 4. The number of aromatic hydroxyl groups is 1. The van der Waals surface area contributed by atoms with Gasteiger partial charge in [0.2, 0.25) is 0 Å². The van der Waals surface area contributed by atoms with Gasteiger partial charge < -0.3 is 14.7 Å². The minimum Gasteiger partial charge on any atom is -0.506 e. The molecule has 0 aliphatic carbocycles. The maximum absolute atomic E-state index is 13.1. The summed E-state index contributed by atoms with van der Waals surface area (Å²) in [5.74, 6) is 0.0552. The third-order valence-corrected chi connectivity index (χ3v) is 5.50. The third-order valence-electron chi connectivity index (χ3n) is 4.05. The number of phenols is 1. The van der Waals surface area contributed by atoms with Gasteiger partial charge in [-0.25, -0.2) is 0 Å². The summed E-state index contributed by atoms with van der Waals surface area (Å²) in [6.07, 6.45) is -3.05. The fourth-order valence-electron chi connectivity index (χ4n) is 2.70. The Morgan fingerprint density at radius 3 is 2.48 bits per heavy atom. The van der Waals surface area contributed by atoms with Crippen molar-refractivity contribution in [3.05, 3.63) is 48.6 Å². The fourth-order valence-corrected chi connectivity index (χ4v) is 4.59. The van der Waals surface area contributed by atoms with E-state index < -0.39 is 11.7 Å². The highest BCUT2D eigenvalue weighted by Gasteiger charge is 2.31. The van der Waals surface area contributed by atoms with Crippen LogP contribution in [0.5, 0.6) is 5.75 Å². The Bertz CT molecular complexity index is 866. The molecule has 1 aliphatic heterocycles. The predicted molar refractivity (Wildman–Crippen MR) is 115 cm³/mol. The molecular weight excluding hydrogens is 587 g/mol. The molecular formula is C18H15F3I2N2O2. The molecule has 1 heterocycles. The van der Waals surface area contributed by atoms with Crippen LogP contribution in [0.15, 0.2) is 35.3 Å². The number of aliphatic imine (C=N–C) groups is 1. The highest BCUT2D eigenvalue weighted by molar-refractivity contribution is 14.1. The van der Waals surface area contributed by atoms with Crippen molar-refractivity contribution in [2.45, 2.75) is 6.18 Å². The number of anilines is 1. The molecule has 1 N–H and O–H groups in total. The number of phenolic OH excluding ortho intramolecular Hbond substituents is 1. The van der Waals surface area contributed by atoms with Crippen LogP contribution >= 0.6 is 45.2 Å². The van der Waals surface area contributed by atoms with E-state index in [-0.39, 0.29) is 11.4 Å². The molecule has 0 amide bonds. The molecule has 0 bridgehead atoms. The van der Waals surface area contributed by atoms with E-state index in [0.29, 0.717) is 41.1 Å². The largest absolute Gasteiger partial charge is 0.506 e. The number of ether oxygens (including phenoxy) is 1. The van der Waals surface area contributed by atoms with Crippen molar-refractivity contribution in [1.29, 1.82) is 0 Å². The number of nitrogens with zero attached hydrogens (tertiary/aromatic N) is 2. The van der Waals surface area contributed by atoms with Gasteiger partial charge in [0.15, 0.2) is 0 Å². The van der Waals surface area contributed by atoms with Crippen molar-refractivity contribution in [1.82, 2.24) is 0 Å². The Labute approximate surface area is 181 Å². The summed E-state index contributed by atoms with van der Waals surface area (Å²) in [4.78, 5) is 6.25. The minimum absolute atomic E-state index is 0.0552. The van der Waals surface area contributed by atoms with Crippen molar-refractivity contribution < 1.29 is 23.0 Å². The Morgan fingerprint density at radius 2 is 1.81 bits per heavy atom. The lowest BCUT2D eigenvalue weighted by molar-refractivity contribution is -0.137. The zero-order chi connectivity index (χ0) is 19.6. The Balaban J connectivity index is 2.03. The highest BCUT2D eigenvalue weighted by atomic mass is 127. The van der Waals surface area contributed by atoms with E-state index in [2.05, 4.69) is 27.6 Å². The number of rotatable bonds is 3. The predicted octanol–water partition coefficient (Wildman–Crippen LogP) is 5.21. The van der Waals surface area contributed by atoms with Gasteiger partial charge in [0.25, 0.3) is 0 Å². The summed E-state index contributed by atoms with van der Waals surface area (Å²) < 4.78 is 46.3. The van der Waals surface area contributed by atoms with E-state index in [4.69, 9.17) is 4.74 Å². The second kappa shape index (κ2) is 8.52. The van der Waals surface area contributed by atoms with E-state index in [0.717, 1.165) is 15.7 Å². The van der Waals surface area contributed by atoms with E-state index in [1.165, 1.54) is 12.3 Å². The smallest absolute Gasteiger partial charge is 0.416 e. The first-order valence-electron chi connectivity index (χ1n) is 8.02. The Kier molecular flexibility index (Phi) is 6.51. The molecule has 1 fully saturated rings. The maximum atomic E-state index is 13.1. The molecule has 0 saturated carbocycles. The van der Waals surface area contributed by atoms with Crippen LogP contribution in [0.2, 0.25) is 0 Å². The molecule has 0 radical (unpaired) electrons. The topological polar surface area (TPSA) is 45.1 Å². The van der Waals surface area contributed by atoms with E-state index in [9.17, 15) is 18.3 Å². The number of benzene rings is 2. The molecule has 4 nitrogen and oxygen atoms in total. The van der Waals surface area contributed by atoms with Crippen LogP contribution in [-0.2, 0) is 10.9 Å². The fraction of sp³-hybridized carbons (Fsp3) is 0.278. The van der Waals surface area contributed by atoms with Crippen LogP contribution in [0, 0.1) is 7.14 Å². The van der Waals surface area contributed by atoms with Crippen molar-refractivity contribution >= 4 is 62.8 Å². The summed E-state index contributed by atoms with van der Waals surface area (Å²) in [5.41, 5.74) is 0.520. The number of hydrogen-bond donors (Lipinski definition) is 1.